The molecular formula is C42H51N3O21S6. The second-order valence-corrected chi connectivity index (χ2v) is 25.0. The lowest BCUT2D eigenvalue weighted by Crippen LogP contribution is -2.57. The van der Waals surface area contributed by atoms with Crippen LogP contribution >= 0.6 is 35.3 Å². The summed E-state index contributed by atoms with van der Waals surface area (Å²) in [6, 6.07) is 18.2. The Morgan fingerprint density at radius 2 is 0.583 bits per heavy atom. The molecule has 0 saturated carbocycles. The molecule has 396 valence electrons. The molecule has 3 heterocycles. The van der Waals surface area contributed by atoms with Gasteiger partial charge in [-0.15, -0.1) is 0 Å². The molecule has 0 bridgehead atoms. The van der Waals surface area contributed by atoms with Crippen molar-refractivity contribution >= 4 is 82.4 Å². The third kappa shape index (κ3) is 12.8. The summed E-state index contributed by atoms with van der Waals surface area (Å²) in [5.74, 6) is 0. The summed E-state index contributed by atoms with van der Waals surface area (Å²) in [6.45, 7) is -1.98. The zero-order valence-electron chi connectivity index (χ0n) is 36.9. The smallest absolute Gasteiger partial charge is 0.261 e. The monoisotopic (exact) mass is 1130 g/mol. The van der Waals surface area contributed by atoms with Gasteiger partial charge in [-0.2, -0.15) is 0 Å². The first kappa shape index (κ1) is 56.3. The predicted molar refractivity (Wildman–Crippen MR) is 257 cm³/mol. The molecule has 4 aromatic rings. The molecule has 0 aromatic heterocycles. The molecule has 3 aliphatic heterocycles. The van der Waals surface area contributed by atoms with Gasteiger partial charge in [-0.1, -0.05) is 35.3 Å². The lowest BCUT2D eigenvalue weighted by atomic mass is 10.0. The fraction of sp³-hybridized carbons (Fsp3) is 0.429. The third-order valence-electron chi connectivity index (χ3n) is 11.4. The van der Waals surface area contributed by atoms with E-state index in [4.69, 9.17) is 14.2 Å². The van der Waals surface area contributed by atoms with Crippen molar-refractivity contribution in [3.8, 4) is 0 Å². The number of nitrogens with one attached hydrogen (secondary N) is 3. The van der Waals surface area contributed by atoms with Crippen LogP contribution in [0, 0.1) is 0 Å². The fourth-order valence-electron chi connectivity index (χ4n) is 7.35. The first-order valence-corrected chi connectivity index (χ1v) is 28.5. The van der Waals surface area contributed by atoms with Gasteiger partial charge in [0.2, 0.25) is 0 Å². The summed E-state index contributed by atoms with van der Waals surface area (Å²) >= 11 is 2.66. The average molecular weight is 1130 g/mol. The van der Waals surface area contributed by atoms with Gasteiger partial charge in [-0.25, -0.2) is 25.3 Å². The van der Waals surface area contributed by atoms with E-state index in [1.807, 2.05) is 0 Å². The van der Waals surface area contributed by atoms with Crippen LogP contribution in [0.2, 0.25) is 0 Å². The Morgan fingerprint density at radius 3 is 0.792 bits per heavy atom. The molecule has 15 atom stereocenters. The molecule has 15 N–H and O–H groups in total. The summed E-state index contributed by atoms with van der Waals surface area (Å²) < 4.78 is 108. The van der Waals surface area contributed by atoms with E-state index in [0.717, 1.165) is 35.3 Å². The molecule has 0 unspecified atom stereocenters. The van der Waals surface area contributed by atoms with Crippen LogP contribution in [0.3, 0.4) is 0 Å². The normalized spacial score (nSPS) is 31.4. The van der Waals surface area contributed by atoms with Crippen molar-refractivity contribution in [3.05, 3.63) is 91.0 Å². The standard InChI is InChI=1S/C42H51N3O21S6/c46-16-28-31(49)34(52)37(55)40(64-28)67-22-7-1-19(2-8-22)43-70(58,59)25-13-26(71(60,61)44-20-3-9-23(10-4-20)68-41-38(56)35(53)32(50)29(17-47)65-41)15-27(14-25)72(62,63)45-21-5-11-24(12-6-21)69-42-39(57)36(54)33(51)30(18-48)66-42/h1-15,28-57H,16-18H2/t28-,29-,30-,31-,32-,33-,34+,35+,36+,37-,38-,39-,40+,41+,42+/m1/s1. The van der Waals surface area contributed by atoms with Crippen molar-refractivity contribution in [2.24, 2.45) is 0 Å². The van der Waals surface area contributed by atoms with Gasteiger partial charge in [0.25, 0.3) is 30.1 Å². The van der Waals surface area contributed by atoms with E-state index in [1.165, 1.54) is 72.8 Å². The molecule has 0 amide bonds. The van der Waals surface area contributed by atoms with Gasteiger partial charge in [-0.3, -0.25) is 14.2 Å². The largest absolute Gasteiger partial charge is 0.394 e. The maximum absolute atomic E-state index is 14.0. The Labute approximate surface area is 424 Å². The molecule has 7 rings (SSSR count). The highest BCUT2D eigenvalue weighted by Gasteiger charge is 2.46. The van der Waals surface area contributed by atoms with Gasteiger partial charge >= 0.3 is 0 Å². The summed E-state index contributed by atoms with van der Waals surface area (Å²) in [6.07, 6.45) is -18.0. The Morgan fingerprint density at radius 1 is 0.361 bits per heavy atom. The number of aliphatic hydroxyl groups is 12. The van der Waals surface area contributed by atoms with E-state index in [9.17, 15) is 86.5 Å². The van der Waals surface area contributed by atoms with Crippen LogP contribution in [0.1, 0.15) is 0 Å². The van der Waals surface area contributed by atoms with Crippen molar-refractivity contribution in [2.45, 2.75) is 119 Å². The number of anilines is 3. The van der Waals surface area contributed by atoms with E-state index < -0.39 is 154 Å². The van der Waals surface area contributed by atoms with Crippen LogP contribution in [-0.2, 0) is 44.3 Å². The predicted octanol–water partition coefficient (Wildman–Crippen LogP) is -2.23. The molecule has 0 radical (unpaired) electrons. The molecule has 30 heteroatoms. The number of ether oxygens (including phenoxy) is 3. The minimum absolute atomic E-state index is 0.0922. The van der Waals surface area contributed by atoms with Gasteiger partial charge in [-0.05, 0) is 91.0 Å². The SMILES string of the molecule is O=S(=O)(Nc1ccc(S[C@@H]2O[C@H](CO)[C@@H](O)[C@H](O)[C@H]2O)cc1)c1cc(S(=O)(=O)Nc2ccc(S[C@@H]3O[C@H](CO)[C@@H](O)[C@H](O)[C@H]3O)cc2)cc(S(=O)(=O)Nc2ccc(S[C@@H]3O[C@H](CO)[C@@H](O)[C@H](O)[C@H]3O)cc2)c1. The lowest BCUT2D eigenvalue weighted by Gasteiger charge is -2.39. The van der Waals surface area contributed by atoms with Crippen molar-refractivity contribution in [2.75, 3.05) is 34.0 Å². The highest BCUT2D eigenvalue weighted by molar-refractivity contribution is 8.00. The Kier molecular flexibility index (Phi) is 18.2. The molecule has 0 aliphatic carbocycles. The zero-order valence-corrected chi connectivity index (χ0v) is 41.8. The second-order valence-electron chi connectivity index (χ2n) is 16.5. The average Bonchev–Trinajstić information content (AvgIpc) is 3.35. The van der Waals surface area contributed by atoms with Gasteiger partial charge in [0.05, 0.1) is 34.5 Å². The van der Waals surface area contributed by atoms with Crippen LogP contribution in [0.15, 0.2) is 120 Å². The van der Waals surface area contributed by atoms with E-state index in [1.54, 1.807) is 0 Å². The number of sulfonamides is 3. The van der Waals surface area contributed by atoms with Gasteiger partial charge in [0.15, 0.2) is 0 Å². The van der Waals surface area contributed by atoms with Crippen LogP contribution in [0.25, 0.3) is 0 Å². The lowest BCUT2D eigenvalue weighted by molar-refractivity contribution is -0.205. The minimum Gasteiger partial charge on any atom is -0.394 e. The van der Waals surface area contributed by atoms with Crippen molar-refractivity contribution < 1.29 is 101 Å². The van der Waals surface area contributed by atoms with E-state index >= 15 is 0 Å². The van der Waals surface area contributed by atoms with Crippen molar-refractivity contribution in [1.29, 1.82) is 0 Å². The topological polar surface area (TPSA) is 409 Å². The number of thioether (sulfide) groups is 3. The zero-order chi connectivity index (χ0) is 52.4. The maximum atomic E-state index is 14.0. The fourth-order valence-corrected chi connectivity index (χ4v) is 14.1. The van der Waals surface area contributed by atoms with Crippen molar-refractivity contribution in [3.63, 3.8) is 0 Å². The number of hydrogen-bond acceptors (Lipinski definition) is 24. The summed E-state index contributed by atoms with van der Waals surface area (Å²) in [5, 5.41) is 121. The van der Waals surface area contributed by atoms with Gasteiger partial charge < -0.3 is 75.5 Å². The minimum atomic E-state index is -4.84. The second kappa shape index (κ2) is 23.2. The quantitative estimate of drug-likeness (QED) is 0.0501. The first-order valence-electron chi connectivity index (χ1n) is 21.4. The molecule has 24 nitrogen and oxygen atoms in total. The molecule has 3 aliphatic rings. The Balaban J connectivity index is 1.13. The van der Waals surface area contributed by atoms with Crippen molar-refractivity contribution in [1.82, 2.24) is 0 Å². The molecule has 4 aromatic carbocycles. The number of rotatable bonds is 18. The van der Waals surface area contributed by atoms with Crippen LogP contribution < -0.4 is 14.2 Å². The van der Waals surface area contributed by atoms with E-state index in [0.29, 0.717) is 32.9 Å². The number of benzene rings is 4. The van der Waals surface area contributed by atoms with Crippen LogP contribution in [0.5, 0.6) is 0 Å². The highest BCUT2D eigenvalue weighted by atomic mass is 32.2. The molecule has 3 fully saturated rings. The van der Waals surface area contributed by atoms with Gasteiger partial charge in [0.1, 0.15) is 89.6 Å². The summed E-state index contributed by atoms with van der Waals surface area (Å²) in [4.78, 5) is -1.36. The van der Waals surface area contributed by atoms with Crippen LogP contribution in [0.4, 0.5) is 17.1 Å². The maximum Gasteiger partial charge on any atom is 0.261 e. The van der Waals surface area contributed by atoms with E-state index in [-0.39, 0.29) is 17.1 Å². The third-order valence-corrected chi connectivity index (χ3v) is 19.0. The van der Waals surface area contributed by atoms with Gasteiger partial charge in [0, 0.05) is 31.7 Å². The summed E-state index contributed by atoms with van der Waals surface area (Å²) in [7, 11) is -14.5. The number of aliphatic hydroxyl groups excluding tert-OH is 12. The number of hydrogen-bond donors (Lipinski definition) is 15. The highest BCUT2D eigenvalue weighted by Crippen LogP contribution is 2.38. The molecular weight excluding hydrogens is 1070 g/mol. The Hall–Kier alpha value is -3.42. The molecule has 3 saturated heterocycles. The first-order chi connectivity index (χ1) is 33.9. The van der Waals surface area contributed by atoms with Crippen LogP contribution in [-0.4, -0.2) is 196 Å². The Bertz CT molecular complexity index is 2500. The molecule has 0 spiro atoms. The molecule has 72 heavy (non-hydrogen) atoms. The summed E-state index contributed by atoms with van der Waals surface area (Å²) in [5.41, 5.74) is -3.74. The van der Waals surface area contributed by atoms with E-state index in [2.05, 4.69) is 14.2 Å².